The summed E-state index contributed by atoms with van der Waals surface area (Å²) in [5.74, 6) is 1.83. The molecule has 0 aromatic carbocycles. The van der Waals surface area contributed by atoms with E-state index in [0.29, 0.717) is 23.9 Å². The summed E-state index contributed by atoms with van der Waals surface area (Å²) in [7, 11) is 0. The number of hydrogen-bond acceptors (Lipinski definition) is 5. The molecular weight excluding hydrogens is 288 g/mol. The zero-order valence-corrected chi connectivity index (χ0v) is 13.0. The Morgan fingerprint density at radius 2 is 2.14 bits per heavy atom. The third kappa shape index (κ3) is 3.50. The van der Waals surface area contributed by atoms with Gasteiger partial charge in [0.15, 0.2) is 0 Å². The zero-order chi connectivity index (χ0) is 14.8. The van der Waals surface area contributed by atoms with E-state index in [4.69, 9.17) is 11.6 Å². The highest BCUT2D eigenvalue weighted by atomic mass is 35.5. The van der Waals surface area contributed by atoms with Gasteiger partial charge in [0.25, 0.3) is 0 Å². The molecule has 0 unspecified atom stereocenters. The highest BCUT2D eigenvalue weighted by Gasteiger charge is 2.31. The van der Waals surface area contributed by atoms with E-state index in [2.05, 4.69) is 38.7 Å². The van der Waals surface area contributed by atoms with Crippen molar-refractivity contribution in [3.63, 3.8) is 0 Å². The van der Waals surface area contributed by atoms with Gasteiger partial charge in [0.05, 0.1) is 0 Å². The van der Waals surface area contributed by atoms with E-state index in [9.17, 15) is 0 Å². The molecule has 21 heavy (non-hydrogen) atoms. The largest absolute Gasteiger partial charge is 0.338 e. The average Bonchev–Trinajstić information content (AvgIpc) is 3.12. The summed E-state index contributed by atoms with van der Waals surface area (Å²) in [6.45, 7) is 5.40. The van der Waals surface area contributed by atoms with Gasteiger partial charge in [-0.05, 0) is 36.8 Å². The Balaban J connectivity index is 1.88. The number of imidazole rings is 1. The monoisotopic (exact) mass is 306 g/mol. The van der Waals surface area contributed by atoms with Gasteiger partial charge in [0.1, 0.15) is 6.33 Å². The van der Waals surface area contributed by atoms with Crippen molar-refractivity contribution in [2.24, 2.45) is 5.92 Å². The second kappa shape index (κ2) is 5.97. The number of hydrogen-bond donors (Lipinski definition) is 0. The summed E-state index contributed by atoms with van der Waals surface area (Å²) in [4.78, 5) is 19.3. The molecule has 2 aromatic heterocycles. The molecule has 0 atom stereocenters. The predicted molar refractivity (Wildman–Crippen MR) is 81.8 cm³/mol. The maximum atomic E-state index is 6.08. The number of aromatic nitrogens is 5. The molecule has 0 spiro atoms. The lowest BCUT2D eigenvalue weighted by molar-refractivity contribution is 0.565. The molecule has 7 heteroatoms. The van der Waals surface area contributed by atoms with E-state index in [1.807, 2.05) is 0 Å². The molecule has 112 valence electrons. The maximum absolute atomic E-state index is 6.08. The fraction of sp³-hybridized carbons (Fsp3) is 0.571. The Kier molecular flexibility index (Phi) is 4.05. The molecule has 1 fully saturated rings. The Morgan fingerprint density at radius 1 is 1.33 bits per heavy atom. The molecule has 0 aliphatic heterocycles. The fourth-order valence-electron chi connectivity index (χ4n) is 2.18. The lowest BCUT2D eigenvalue weighted by Crippen LogP contribution is -2.30. The van der Waals surface area contributed by atoms with Crippen LogP contribution in [-0.2, 0) is 0 Å². The minimum Gasteiger partial charge on any atom is -0.338 e. The first-order valence-electron chi connectivity index (χ1n) is 7.30. The lowest BCUT2D eigenvalue weighted by Gasteiger charge is -2.23. The van der Waals surface area contributed by atoms with E-state index in [1.54, 1.807) is 23.3 Å². The van der Waals surface area contributed by atoms with Crippen molar-refractivity contribution >= 4 is 17.5 Å². The minimum absolute atomic E-state index is 0.221. The van der Waals surface area contributed by atoms with Gasteiger partial charge < -0.3 is 4.90 Å². The van der Waals surface area contributed by atoms with Crippen molar-refractivity contribution in [3.8, 4) is 5.95 Å². The van der Waals surface area contributed by atoms with Crippen molar-refractivity contribution in [3.05, 3.63) is 24.0 Å². The highest BCUT2D eigenvalue weighted by molar-refractivity contribution is 6.28. The first kappa shape index (κ1) is 14.3. The summed E-state index contributed by atoms with van der Waals surface area (Å²) in [5, 5.41) is 0.221. The first-order valence-corrected chi connectivity index (χ1v) is 7.68. The van der Waals surface area contributed by atoms with Crippen LogP contribution >= 0.6 is 11.6 Å². The topological polar surface area (TPSA) is 59.7 Å². The highest BCUT2D eigenvalue weighted by Crippen LogP contribution is 2.30. The van der Waals surface area contributed by atoms with E-state index in [0.717, 1.165) is 13.0 Å². The normalized spacial score (nSPS) is 14.7. The van der Waals surface area contributed by atoms with Crippen LogP contribution in [0, 0.1) is 5.92 Å². The van der Waals surface area contributed by atoms with Crippen molar-refractivity contribution in [1.82, 2.24) is 24.5 Å². The SMILES string of the molecule is CC(C)CCN(c1nc(Cl)nc(-n2ccnc2)n1)C1CC1. The third-order valence-corrected chi connectivity index (χ3v) is 3.68. The third-order valence-electron chi connectivity index (χ3n) is 3.51. The Hall–Kier alpha value is -1.69. The van der Waals surface area contributed by atoms with Crippen LogP contribution in [0.25, 0.3) is 5.95 Å². The van der Waals surface area contributed by atoms with Gasteiger partial charge in [-0.1, -0.05) is 13.8 Å². The standard InChI is InChI=1S/C14H19ClN6/c1-10(2)5-7-21(11-3-4-11)14-18-12(15)17-13(19-14)20-8-6-16-9-20/h6,8-11H,3-5,7H2,1-2H3. The van der Waals surface area contributed by atoms with Gasteiger partial charge >= 0.3 is 0 Å². The fourth-order valence-corrected chi connectivity index (χ4v) is 2.33. The molecule has 2 heterocycles. The summed E-state index contributed by atoms with van der Waals surface area (Å²) in [6, 6.07) is 0.540. The maximum Gasteiger partial charge on any atom is 0.241 e. The molecular formula is C14H19ClN6. The molecule has 1 aliphatic rings. The van der Waals surface area contributed by atoms with Crippen LogP contribution in [0.1, 0.15) is 33.1 Å². The van der Waals surface area contributed by atoms with Gasteiger partial charge in [-0.25, -0.2) is 4.98 Å². The van der Waals surface area contributed by atoms with Crippen molar-refractivity contribution in [2.45, 2.75) is 39.2 Å². The van der Waals surface area contributed by atoms with Gasteiger partial charge in [-0.15, -0.1) is 0 Å². The summed E-state index contributed by atoms with van der Waals surface area (Å²) in [6.07, 6.45) is 8.65. The smallest absolute Gasteiger partial charge is 0.241 e. The minimum atomic E-state index is 0.221. The van der Waals surface area contributed by atoms with Crippen molar-refractivity contribution in [1.29, 1.82) is 0 Å². The van der Waals surface area contributed by atoms with Crippen LogP contribution in [-0.4, -0.2) is 37.1 Å². The van der Waals surface area contributed by atoms with E-state index in [-0.39, 0.29) is 5.28 Å². The van der Waals surface area contributed by atoms with Crippen molar-refractivity contribution < 1.29 is 0 Å². The number of halogens is 1. The van der Waals surface area contributed by atoms with Gasteiger partial charge in [-0.3, -0.25) is 4.57 Å². The Labute approximate surface area is 129 Å². The lowest BCUT2D eigenvalue weighted by atomic mass is 10.1. The molecule has 1 saturated carbocycles. The molecule has 0 N–H and O–H groups in total. The zero-order valence-electron chi connectivity index (χ0n) is 12.3. The van der Waals surface area contributed by atoms with Crippen LogP contribution in [0.2, 0.25) is 5.28 Å². The van der Waals surface area contributed by atoms with Crippen LogP contribution < -0.4 is 4.90 Å². The molecule has 0 saturated heterocycles. The van der Waals surface area contributed by atoms with Crippen LogP contribution in [0.15, 0.2) is 18.7 Å². The van der Waals surface area contributed by atoms with Crippen LogP contribution in [0.4, 0.5) is 5.95 Å². The number of rotatable bonds is 6. The summed E-state index contributed by atoms with van der Waals surface area (Å²) in [5.41, 5.74) is 0. The molecule has 0 bridgehead atoms. The van der Waals surface area contributed by atoms with Gasteiger partial charge in [0.2, 0.25) is 17.2 Å². The van der Waals surface area contributed by atoms with Crippen LogP contribution in [0.5, 0.6) is 0 Å². The molecule has 1 aliphatic carbocycles. The second-order valence-electron chi connectivity index (χ2n) is 5.78. The quantitative estimate of drug-likeness (QED) is 0.821. The predicted octanol–water partition coefficient (Wildman–Crippen LogP) is 2.73. The van der Waals surface area contributed by atoms with Crippen LogP contribution in [0.3, 0.4) is 0 Å². The second-order valence-corrected chi connectivity index (χ2v) is 6.12. The van der Waals surface area contributed by atoms with E-state index < -0.39 is 0 Å². The molecule has 0 radical (unpaired) electrons. The molecule has 3 rings (SSSR count). The summed E-state index contributed by atoms with van der Waals surface area (Å²) >= 11 is 6.08. The Bertz CT molecular complexity index is 594. The molecule has 0 amide bonds. The molecule has 6 nitrogen and oxygen atoms in total. The number of anilines is 1. The van der Waals surface area contributed by atoms with Gasteiger partial charge in [-0.2, -0.15) is 15.0 Å². The first-order chi connectivity index (χ1) is 10.1. The van der Waals surface area contributed by atoms with Gasteiger partial charge in [0, 0.05) is 25.0 Å². The average molecular weight is 307 g/mol. The van der Waals surface area contributed by atoms with E-state index in [1.165, 1.54) is 12.8 Å². The Morgan fingerprint density at radius 3 is 2.76 bits per heavy atom. The molecule has 2 aromatic rings. The summed E-state index contributed by atoms with van der Waals surface area (Å²) < 4.78 is 1.74. The number of nitrogens with zero attached hydrogens (tertiary/aromatic N) is 6. The van der Waals surface area contributed by atoms with E-state index >= 15 is 0 Å². The van der Waals surface area contributed by atoms with Crippen molar-refractivity contribution in [2.75, 3.05) is 11.4 Å².